The predicted octanol–water partition coefficient (Wildman–Crippen LogP) is 2.28. The van der Waals surface area contributed by atoms with Crippen LogP contribution in [0, 0.1) is 6.92 Å². The number of nitrogens with one attached hydrogen (secondary N) is 2. The van der Waals surface area contributed by atoms with E-state index in [9.17, 15) is 9.59 Å². The van der Waals surface area contributed by atoms with Gasteiger partial charge in [0.05, 0.1) is 11.6 Å². The Bertz CT molecular complexity index is 665. The Labute approximate surface area is 118 Å². The van der Waals surface area contributed by atoms with Crippen LogP contribution in [-0.2, 0) is 0 Å². The molecule has 0 bridgehead atoms. The minimum Gasteiger partial charge on any atom is -0.343 e. The lowest BCUT2D eigenvalue weighted by atomic mass is 10.2. The summed E-state index contributed by atoms with van der Waals surface area (Å²) in [6.07, 6.45) is 1.34. The van der Waals surface area contributed by atoms with Crippen LogP contribution in [0.15, 0.2) is 22.4 Å². The maximum atomic E-state index is 12.0. The van der Waals surface area contributed by atoms with Crippen molar-refractivity contribution in [2.45, 2.75) is 19.9 Å². The summed E-state index contributed by atoms with van der Waals surface area (Å²) in [5, 5.41) is 5.55. The second kappa shape index (κ2) is 5.54. The molecule has 2 rings (SSSR count). The molecule has 5 nitrogen and oxygen atoms in total. The van der Waals surface area contributed by atoms with Crippen molar-refractivity contribution in [1.29, 1.82) is 0 Å². The molecule has 2 heterocycles. The Balaban J connectivity index is 2.12. The third kappa shape index (κ3) is 3.21. The molecule has 0 unspecified atom stereocenters. The van der Waals surface area contributed by atoms with E-state index in [4.69, 9.17) is 11.6 Å². The first kappa shape index (κ1) is 13.8. The summed E-state index contributed by atoms with van der Waals surface area (Å²) >= 11 is 7.17. The van der Waals surface area contributed by atoms with Crippen molar-refractivity contribution in [1.82, 2.24) is 15.3 Å². The highest BCUT2D eigenvalue weighted by atomic mass is 35.5. The molecule has 0 spiro atoms. The lowest BCUT2D eigenvalue weighted by Gasteiger charge is -2.11. The smallest absolute Gasteiger partial charge is 0.266 e. The largest absolute Gasteiger partial charge is 0.343 e. The Hall–Kier alpha value is -1.66. The summed E-state index contributed by atoms with van der Waals surface area (Å²) < 4.78 is 0. The normalized spacial score (nSPS) is 12.2. The molecule has 0 aliphatic carbocycles. The number of nitrogens with zero attached hydrogens (tertiary/aromatic N) is 1. The lowest BCUT2D eigenvalue weighted by molar-refractivity contribution is 0.0939. The van der Waals surface area contributed by atoms with Crippen LogP contribution in [0.25, 0.3) is 0 Å². The molecular weight excluding hydrogens is 286 g/mol. The molecule has 0 saturated heterocycles. The van der Waals surface area contributed by atoms with Crippen molar-refractivity contribution in [2.24, 2.45) is 0 Å². The molecule has 0 aliphatic rings. The predicted molar refractivity (Wildman–Crippen MR) is 74.8 cm³/mol. The molecule has 0 saturated carbocycles. The molecule has 0 fully saturated rings. The van der Waals surface area contributed by atoms with Crippen LogP contribution in [0.5, 0.6) is 0 Å². The number of hydrogen-bond acceptors (Lipinski definition) is 4. The molecule has 0 aromatic carbocycles. The van der Waals surface area contributed by atoms with Gasteiger partial charge < -0.3 is 10.3 Å². The topological polar surface area (TPSA) is 74.8 Å². The molecule has 0 radical (unpaired) electrons. The number of amides is 1. The molecule has 2 N–H and O–H groups in total. The zero-order valence-corrected chi connectivity index (χ0v) is 11.9. The van der Waals surface area contributed by atoms with Crippen LogP contribution in [0.4, 0.5) is 0 Å². The van der Waals surface area contributed by atoms with E-state index in [1.54, 1.807) is 0 Å². The van der Waals surface area contributed by atoms with Gasteiger partial charge >= 0.3 is 0 Å². The quantitative estimate of drug-likeness (QED) is 0.912. The number of thiazole rings is 1. The molecule has 7 heteroatoms. The van der Waals surface area contributed by atoms with E-state index in [0.29, 0.717) is 5.56 Å². The Morgan fingerprint density at radius 2 is 2.32 bits per heavy atom. The van der Waals surface area contributed by atoms with E-state index in [1.165, 1.54) is 23.6 Å². The minimum absolute atomic E-state index is 0.00889. The molecule has 1 atom stereocenters. The fourth-order valence-corrected chi connectivity index (χ4v) is 2.48. The van der Waals surface area contributed by atoms with Crippen molar-refractivity contribution in [3.8, 4) is 0 Å². The average Bonchev–Trinajstić information content (AvgIpc) is 2.79. The number of carbonyl (C=O) groups is 1. The first-order chi connectivity index (χ1) is 8.97. The highest BCUT2D eigenvalue weighted by Crippen LogP contribution is 2.18. The van der Waals surface area contributed by atoms with Gasteiger partial charge in [0.2, 0.25) is 0 Å². The lowest BCUT2D eigenvalue weighted by Crippen LogP contribution is -2.27. The Kier molecular flexibility index (Phi) is 4.01. The fraction of sp³-hybridized carbons (Fsp3) is 0.250. The van der Waals surface area contributed by atoms with E-state index in [1.807, 2.05) is 19.2 Å². The number of pyridine rings is 1. The highest BCUT2D eigenvalue weighted by Gasteiger charge is 2.14. The van der Waals surface area contributed by atoms with Gasteiger partial charge in [-0.15, -0.1) is 11.3 Å². The number of halogens is 1. The van der Waals surface area contributed by atoms with Gasteiger partial charge in [0.15, 0.2) is 0 Å². The minimum atomic E-state index is -0.415. The number of aromatic amines is 1. The molecular formula is C12H12ClN3O2S. The standard InChI is InChI=1S/C12H12ClN3O2S/c1-6-5-19-12(15-6)7(2)16-10(17)8-3-9(13)11(18)14-4-8/h3-5,7H,1-2H3,(H,14,18)(H,16,17)/t7-/m0/s1. The van der Waals surface area contributed by atoms with E-state index >= 15 is 0 Å². The Morgan fingerprint density at radius 1 is 1.58 bits per heavy atom. The van der Waals surface area contributed by atoms with E-state index in [-0.39, 0.29) is 17.0 Å². The molecule has 1 amide bonds. The monoisotopic (exact) mass is 297 g/mol. The van der Waals surface area contributed by atoms with Crippen molar-refractivity contribution in [2.75, 3.05) is 0 Å². The SMILES string of the molecule is Cc1csc([C@H](C)NC(=O)c2c[nH]c(=O)c(Cl)c2)n1. The molecule has 100 valence electrons. The molecule has 2 aromatic heterocycles. The van der Waals surface area contributed by atoms with Gasteiger partial charge in [0.1, 0.15) is 10.0 Å². The van der Waals surface area contributed by atoms with Gasteiger partial charge in [0.25, 0.3) is 11.5 Å². The van der Waals surface area contributed by atoms with E-state index in [0.717, 1.165) is 10.7 Å². The van der Waals surface area contributed by atoms with Crippen LogP contribution < -0.4 is 10.9 Å². The first-order valence-electron chi connectivity index (χ1n) is 5.58. The Morgan fingerprint density at radius 3 is 2.89 bits per heavy atom. The maximum absolute atomic E-state index is 12.0. The summed E-state index contributed by atoms with van der Waals surface area (Å²) in [6, 6.07) is 1.15. The first-order valence-corrected chi connectivity index (χ1v) is 6.84. The van der Waals surface area contributed by atoms with Crippen LogP contribution in [0.2, 0.25) is 5.02 Å². The van der Waals surface area contributed by atoms with Gasteiger partial charge in [-0.3, -0.25) is 9.59 Å². The zero-order valence-electron chi connectivity index (χ0n) is 10.4. The van der Waals surface area contributed by atoms with Crippen molar-refractivity contribution >= 4 is 28.8 Å². The highest BCUT2D eigenvalue weighted by molar-refractivity contribution is 7.09. The number of H-pyrrole nitrogens is 1. The third-order valence-corrected chi connectivity index (χ3v) is 3.90. The van der Waals surface area contributed by atoms with E-state index in [2.05, 4.69) is 15.3 Å². The van der Waals surface area contributed by atoms with Gasteiger partial charge in [-0.2, -0.15) is 0 Å². The number of aromatic nitrogens is 2. The second-order valence-corrected chi connectivity index (χ2v) is 5.38. The summed E-state index contributed by atoms with van der Waals surface area (Å²) in [4.78, 5) is 29.8. The van der Waals surface area contributed by atoms with Crippen LogP contribution in [0.3, 0.4) is 0 Å². The molecule has 19 heavy (non-hydrogen) atoms. The zero-order chi connectivity index (χ0) is 14.0. The number of rotatable bonds is 3. The van der Waals surface area contributed by atoms with Crippen LogP contribution in [-0.4, -0.2) is 15.9 Å². The summed E-state index contributed by atoms with van der Waals surface area (Å²) in [5.74, 6) is -0.307. The number of aryl methyl sites for hydroxylation is 1. The van der Waals surface area contributed by atoms with Gasteiger partial charge in [-0.1, -0.05) is 11.6 Å². The second-order valence-electron chi connectivity index (χ2n) is 4.09. The van der Waals surface area contributed by atoms with Crippen molar-refractivity contribution in [3.05, 3.63) is 49.3 Å². The van der Waals surface area contributed by atoms with Crippen molar-refractivity contribution in [3.63, 3.8) is 0 Å². The molecule has 0 aliphatic heterocycles. The third-order valence-electron chi connectivity index (χ3n) is 2.47. The summed E-state index contributed by atoms with van der Waals surface area (Å²) in [7, 11) is 0. The van der Waals surface area contributed by atoms with Crippen molar-refractivity contribution < 1.29 is 4.79 Å². The number of hydrogen-bond donors (Lipinski definition) is 2. The molecule has 2 aromatic rings. The van der Waals surface area contributed by atoms with E-state index < -0.39 is 5.56 Å². The average molecular weight is 298 g/mol. The van der Waals surface area contributed by atoms with Gasteiger partial charge in [-0.05, 0) is 19.9 Å². The van der Waals surface area contributed by atoms with Crippen LogP contribution >= 0.6 is 22.9 Å². The maximum Gasteiger partial charge on any atom is 0.266 e. The number of carbonyl (C=O) groups excluding carboxylic acids is 1. The summed E-state index contributed by atoms with van der Waals surface area (Å²) in [6.45, 7) is 3.75. The fourth-order valence-electron chi connectivity index (χ4n) is 1.50. The van der Waals surface area contributed by atoms with Gasteiger partial charge in [0, 0.05) is 17.3 Å². The summed E-state index contributed by atoms with van der Waals surface area (Å²) in [5.41, 5.74) is 0.819. The van der Waals surface area contributed by atoms with Crippen LogP contribution in [0.1, 0.15) is 34.0 Å². The van der Waals surface area contributed by atoms with Gasteiger partial charge in [-0.25, -0.2) is 4.98 Å².